The van der Waals surface area contributed by atoms with Crippen LogP contribution in [0.4, 0.5) is 16.2 Å². The van der Waals surface area contributed by atoms with Crippen LogP contribution in [0.25, 0.3) is 10.9 Å². The SMILES string of the molecule is COc1cc2nccc(Oc3ccc(N4C(=O)CN(c5cncc(C6CC6)c5)C4=O)cc3C(C)C)c2cc1OC. The number of fused-ring (bicyclic) bond motifs is 1. The summed E-state index contributed by atoms with van der Waals surface area (Å²) >= 11 is 0. The summed E-state index contributed by atoms with van der Waals surface area (Å²) < 4.78 is 17.3. The number of carbonyl (C=O) groups is 2. The molecule has 204 valence electrons. The van der Waals surface area contributed by atoms with Crippen molar-refractivity contribution in [3.05, 3.63) is 72.2 Å². The van der Waals surface area contributed by atoms with E-state index in [9.17, 15) is 9.59 Å². The lowest BCUT2D eigenvalue weighted by Crippen LogP contribution is -2.33. The summed E-state index contributed by atoms with van der Waals surface area (Å²) in [7, 11) is 3.16. The number of methoxy groups -OCH3 is 2. The van der Waals surface area contributed by atoms with Crippen LogP contribution in [0.15, 0.2) is 61.1 Å². The van der Waals surface area contributed by atoms with Crippen molar-refractivity contribution in [1.29, 1.82) is 0 Å². The molecule has 0 atom stereocenters. The molecule has 2 fully saturated rings. The molecule has 9 nitrogen and oxygen atoms in total. The van der Waals surface area contributed by atoms with E-state index >= 15 is 0 Å². The normalized spacial score (nSPS) is 15.3. The molecule has 1 aliphatic heterocycles. The Bertz CT molecular complexity index is 1630. The first-order valence-corrected chi connectivity index (χ1v) is 13.3. The van der Waals surface area contributed by atoms with E-state index in [0.717, 1.165) is 29.4 Å². The van der Waals surface area contributed by atoms with Crippen LogP contribution in [0.5, 0.6) is 23.0 Å². The van der Waals surface area contributed by atoms with Gasteiger partial charge in [-0.1, -0.05) is 13.8 Å². The first kappa shape index (κ1) is 25.6. The average molecular weight is 539 g/mol. The van der Waals surface area contributed by atoms with Crippen LogP contribution < -0.4 is 24.0 Å². The molecule has 1 saturated carbocycles. The topological polar surface area (TPSA) is 94.1 Å². The molecule has 2 aliphatic rings. The summed E-state index contributed by atoms with van der Waals surface area (Å²) in [6.07, 6.45) is 7.42. The van der Waals surface area contributed by atoms with Crippen molar-refractivity contribution in [3.63, 3.8) is 0 Å². The molecule has 1 aliphatic carbocycles. The monoisotopic (exact) mass is 538 g/mol. The molecule has 0 spiro atoms. The maximum Gasteiger partial charge on any atom is 0.336 e. The first-order chi connectivity index (χ1) is 19.4. The van der Waals surface area contributed by atoms with Gasteiger partial charge in [0.2, 0.25) is 0 Å². The quantitative estimate of drug-likeness (QED) is 0.239. The number of hydrogen-bond donors (Lipinski definition) is 0. The maximum absolute atomic E-state index is 13.5. The third kappa shape index (κ3) is 4.57. The molecule has 40 heavy (non-hydrogen) atoms. The fraction of sp³-hybridized carbons (Fsp3) is 0.290. The van der Waals surface area contributed by atoms with Crippen LogP contribution in [0.1, 0.15) is 49.7 Å². The van der Waals surface area contributed by atoms with Gasteiger partial charge in [-0.05, 0) is 72.2 Å². The number of urea groups is 1. The Morgan fingerprint density at radius 3 is 2.38 bits per heavy atom. The number of carbonyl (C=O) groups excluding carboxylic acids is 2. The summed E-state index contributed by atoms with van der Waals surface area (Å²) in [6.45, 7) is 4.05. The molecule has 9 heteroatoms. The van der Waals surface area contributed by atoms with E-state index in [1.54, 1.807) is 50.9 Å². The molecule has 0 bridgehead atoms. The molecular formula is C31H30N4O5. The molecule has 1 saturated heterocycles. The number of rotatable bonds is 8. The number of amides is 3. The van der Waals surface area contributed by atoms with E-state index in [1.165, 1.54) is 9.80 Å². The Kier molecular flexibility index (Phi) is 6.50. The molecule has 6 rings (SSSR count). The highest BCUT2D eigenvalue weighted by molar-refractivity contribution is 6.27. The van der Waals surface area contributed by atoms with Crippen molar-refractivity contribution in [3.8, 4) is 23.0 Å². The Hall–Kier alpha value is -4.66. The molecular weight excluding hydrogens is 508 g/mol. The second-order valence-electron chi connectivity index (χ2n) is 10.4. The van der Waals surface area contributed by atoms with Gasteiger partial charge < -0.3 is 14.2 Å². The number of nitrogens with zero attached hydrogens (tertiary/aromatic N) is 4. The second kappa shape index (κ2) is 10.1. The maximum atomic E-state index is 13.5. The Morgan fingerprint density at radius 1 is 0.875 bits per heavy atom. The Morgan fingerprint density at radius 2 is 1.65 bits per heavy atom. The zero-order valence-corrected chi connectivity index (χ0v) is 22.9. The Labute approximate surface area is 232 Å². The highest BCUT2D eigenvalue weighted by atomic mass is 16.5. The average Bonchev–Trinajstić information content (AvgIpc) is 3.77. The number of hydrogen-bond acceptors (Lipinski definition) is 7. The standard InChI is InChI=1S/C31H30N4O5/c1-18(2)23-12-21(35-30(36)17-34(31(35)37)22-11-20(15-32-16-22)19-5-6-19)7-8-26(23)40-27-9-10-33-25-14-29(39-4)28(38-3)13-24(25)27/h7-16,18-19H,5-6,17H2,1-4H3. The number of ether oxygens (including phenoxy) is 3. The van der Waals surface area contributed by atoms with Crippen LogP contribution >= 0.6 is 0 Å². The molecule has 0 N–H and O–H groups in total. The van der Waals surface area contributed by atoms with Gasteiger partial charge in [-0.3, -0.25) is 19.7 Å². The molecule has 3 amide bonds. The molecule has 2 aromatic carbocycles. The predicted octanol–water partition coefficient (Wildman–Crippen LogP) is 6.41. The van der Waals surface area contributed by atoms with Crippen LogP contribution in [-0.4, -0.2) is 42.7 Å². The van der Waals surface area contributed by atoms with Gasteiger partial charge in [0.25, 0.3) is 5.91 Å². The second-order valence-corrected chi connectivity index (χ2v) is 10.4. The Balaban J connectivity index is 1.32. The molecule has 2 aromatic heterocycles. The van der Waals surface area contributed by atoms with Gasteiger partial charge in [-0.15, -0.1) is 0 Å². The zero-order valence-electron chi connectivity index (χ0n) is 22.9. The number of aromatic nitrogens is 2. The van der Waals surface area contributed by atoms with Crippen molar-refractivity contribution >= 4 is 34.2 Å². The van der Waals surface area contributed by atoms with E-state index in [2.05, 4.69) is 9.97 Å². The first-order valence-electron chi connectivity index (χ1n) is 13.3. The third-order valence-corrected chi connectivity index (χ3v) is 7.37. The minimum Gasteiger partial charge on any atom is -0.493 e. The van der Waals surface area contributed by atoms with E-state index in [1.807, 2.05) is 38.2 Å². The largest absolute Gasteiger partial charge is 0.493 e. The third-order valence-electron chi connectivity index (χ3n) is 7.37. The summed E-state index contributed by atoms with van der Waals surface area (Å²) in [6, 6.07) is 12.4. The van der Waals surface area contributed by atoms with Crippen LogP contribution in [0, 0.1) is 0 Å². The van der Waals surface area contributed by atoms with Gasteiger partial charge in [-0.2, -0.15) is 0 Å². The minimum atomic E-state index is -0.385. The van der Waals surface area contributed by atoms with E-state index in [0.29, 0.717) is 45.8 Å². The number of benzene rings is 2. The summed E-state index contributed by atoms with van der Waals surface area (Å²) in [5.41, 5.74) is 3.82. The number of pyridine rings is 2. The van der Waals surface area contributed by atoms with Crippen LogP contribution in [-0.2, 0) is 4.79 Å². The highest BCUT2D eigenvalue weighted by Crippen LogP contribution is 2.42. The summed E-state index contributed by atoms with van der Waals surface area (Å²) in [4.78, 5) is 38.1. The van der Waals surface area contributed by atoms with Crippen LogP contribution in [0.2, 0.25) is 0 Å². The van der Waals surface area contributed by atoms with Crippen LogP contribution in [0.3, 0.4) is 0 Å². The van der Waals surface area contributed by atoms with E-state index in [-0.39, 0.29) is 24.4 Å². The fourth-order valence-corrected chi connectivity index (χ4v) is 5.06. The smallest absolute Gasteiger partial charge is 0.336 e. The molecule has 0 radical (unpaired) electrons. The fourth-order valence-electron chi connectivity index (χ4n) is 5.06. The predicted molar refractivity (Wildman–Crippen MR) is 152 cm³/mol. The zero-order chi connectivity index (χ0) is 28.0. The van der Waals surface area contributed by atoms with Gasteiger partial charge in [0.15, 0.2) is 11.5 Å². The van der Waals surface area contributed by atoms with Crippen molar-refractivity contribution < 1.29 is 23.8 Å². The number of anilines is 2. The van der Waals surface area contributed by atoms with Crippen molar-refractivity contribution in [1.82, 2.24) is 9.97 Å². The minimum absolute atomic E-state index is 0.0296. The molecule has 0 unspecified atom stereocenters. The van der Waals surface area contributed by atoms with Crippen molar-refractivity contribution in [2.75, 3.05) is 30.6 Å². The van der Waals surface area contributed by atoms with Gasteiger partial charge in [0.1, 0.15) is 18.0 Å². The lowest BCUT2D eigenvalue weighted by Gasteiger charge is -2.21. The van der Waals surface area contributed by atoms with Crippen molar-refractivity contribution in [2.24, 2.45) is 0 Å². The highest BCUT2D eigenvalue weighted by Gasteiger charge is 2.39. The van der Waals surface area contributed by atoms with Gasteiger partial charge >= 0.3 is 6.03 Å². The molecule has 3 heterocycles. The van der Waals surface area contributed by atoms with E-state index < -0.39 is 0 Å². The van der Waals surface area contributed by atoms with E-state index in [4.69, 9.17) is 14.2 Å². The summed E-state index contributed by atoms with van der Waals surface area (Å²) in [5, 5.41) is 0.765. The summed E-state index contributed by atoms with van der Waals surface area (Å²) in [5.74, 6) is 2.64. The molecule has 4 aromatic rings. The van der Waals surface area contributed by atoms with Gasteiger partial charge in [0, 0.05) is 23.8 Å². The number of imide groups is 1. The lowest BCUT2D eigenvalue weighted by molar-refractivity contribution is -0.115. The van der Waals surface area contributed by atoms with Gasteiger partial charge in [-0.25, -0.2) is 9.69 Å². The lowest BCUT2D eigenvalue weighted by atomic mass is 10.0. The van der Waals surface area contributed by atoms with Crippen molar-refractivity contribution in [2.45, 2.75) is 38.5 Å². The van der Waals surface area contributed by atoms with Gasteiger partial charge in [0.05, 0.1) is 37.3 Å².